The van der Waals surface area contributed by atoms with Gasteiger partial charge < -0.3 is 13.9 Å². The summed E-state index contributed by atoms with van der Waals surface area (Å²) < 4.78 is 7.27. The number of aromatic nitrogens is 3. The second kappa shape index (κ2) is 8.23. The van der Waals surface area contributed by atoms with Crippen LogP contribution in [-0.4, -0.2) is 38.7 Å². The fourth-order valence-corrected chi connectivity index (χ4v) is 3.82. The van der Waals surface area contributed by atoms with Gasteiger partial charge in [-0.3, -0.25) is 4.79 Å². The predicted octanol–water partition coefficient (Wildman–Crippen LogP) is 3.78. The fraction of sp³-hybridized carbons (Fsp3) is 0.316. The van der Waals surface area contributed by atoms with Gasteiger partial charge in [0, 0.05) is 20.1 Å². The quantitative estimate of drug-likeness (QED) is 0.592. The summed E-state index contributed by atoms with van der Waals surface area (Å²) >= 11 is 1.41. The standard InChI is InChI=1S/C19H22N4O2S/c1-4-23(5-2)18(24)16(14-10-7-6-8-11-14)26-19-21-20-17(22(19)3)15-12-9-13-25-15/h6-13,16H,4-5H2,1-3H3/t16-/m0/s1. The maximum absolute atomic E-state index is 13.1. The Balaban J connectivity index is 1.93. The van der Waals surface area contributed by atoms with Crippen molar-refractivity contribution in [3.8, 4) is 11.6 Å². The molecule has 0 spiro atoms. The van der Waals surface area contributed by atoms with E-state index >= 15 is 0 Å². The summed E-state index contributed by atoms with van der Waals surface area (Å²) in [5.74, 6) is 1.37. The minimum absolute atomic E-state index is 0.0775. The Morgan fingerprint density at radius 3 is 2.50 bits per heavy atom. The fourth-order valence-electron chi connectivity index (χ4n) is 2.73. The highest BCUT2D eigenvalue weighted by atomic mass is 32.2. The van der Waals surface area contributed by atoms with Gasteiger partial charge in [-0.25, -0.2) is 0 Å². The topological polar surface area (TPSA) is 64.2 Å². The Morgan fingerprint density at radius 2 is 1.88 bits per heavy atom. The van der Waals surface area contributed by atoms with Crippen LogP contribution in [0.2, 0.25) is 0 Å². The van der Waals surface area contributed by atoms with Gasteiger partial charge in [0.15, 0.2) is 16.7 Å². The lowest BCUT2D eigenvalue weighted by Crippen LogP contribution is -2.34. The van der Waals surface area contributed by atoms with Crippen LogP contribution < -0.4 is 0 Å². The predicted molar refractivity (Wildman–Crippen MR) is 102 cm³/mol. The lowest BCUT2D eigenvalue weighted by atomic mass is 10.1. The monoisotopic (exact) mass is 370 g/mol. The van der Waals surface area contributed by atoms with Crippen molar-refractivity contribution in [2.24, 2.45) is 7.05 Å². The lowest BCUT2D eigenvalue weighted by molar-refractivity contribution is -0.130. The zero-order chi connectivity index (χ0) is 18.5. The molecule has 26 heavy (non-hydrogen) atoms. The molecule has 0 aliphatic carbocycles. The van der Waals surface area contributed by atoms with Gasteiger partial charge in [0.2, 0.25) is 5.91 Å². The first kappa shape index (κ1) is 18.3. The highest BCUT2D eigenvalue weighted by Crippen LogP contribution is 2.36. The average molecular weight is 370 g/mol. The van der Waals surface area contributed by atoms with Crippen LogP contribution in [0.3, 0.4) is 0 Å². The maximum atomic E-state index is 13.1. The summed E-state index contributed by atoms with van der Waals surface area (Å²) in [6, 6.07) is 13.4. The number of carbonyl (C=O) groups is 1. The lowest BCUT2D eigenvalue weighted by Gasteiger charge is -2.24. The maximum Gasteiger partial charge on any atom is 0.240 e. The smallest absolute Gasteiger partial charge is 0.240 e. The summed E-state index contributed by atoms with van der Waals surface area (Å²) in [4.78, 5) is 14.9. The summed E-state index contributed by atoms with van der Waals surface area (Å²) in [5.41, 5.74) is 0.956. The number of benzene rings is 1. The van der Waals surface area contributed by atoms with E-state index in [9.17, 15) is 4.79 Å². The summed E-state index contributed by atoms with van der Waals surface area (Å²) in [6.45, 7) is 5.34. The first-order valence-corrected chi connectivity index (χ1v) is 9.47. The number of nitrogens with zero attached hydrogens (tertiary/aromatic N) is 4. The summed E-state index contributed by atoms with van der Waals surface area (Å²) in [6.07, 6.45) is 1.60. The largest absolute Gasteiger partial charge is 0.461 e. The van der Waals surface area contributed by atoms with Crippen molar-refractivity contribution in [2.75, 3.05) is 13.1 Å². The van der Waals surface area contributed by atoms with Crippen LogP contribution in [0, 0.1) is 0 Å². The molecule has 0 radical (unpaired) electrons. The number of likely N-dealkylation sites (N-methyl/N-ethyl adjacent to an activating group) is 1. The molecule has 2 aromatic heterocycles. The van der Waals surface area contributed by atoms with E-state index in [1.807, 2.05) is 72.8 Å². The number of rotatable bonds is 7. The normalized spacial score (nSPS) is 12.1. The Kier molecular flexibility index (Phi) is 5.78. The minimum Gasteiger partial charge on any atom is -0.461 e. The van der Waals surface area contributed by atoms with Crippen molar-refractivity contribution in [3.05, 3.63) is 54.3 Å². The number of amides is 1. The molecule has 6 nitrogen and oxygen atoms in total. The minimum atomic E-state index is -0.372. The molecule has 0 aliphatic heterocycles. The Labute approximate surface area is 157 Å². The highest BCUT2D eigenvalue weighted by Gasteiger charge is 2.28. The highest BCUT2D eigenvalue weighted by molar-refractivity contribution is 8.00. The molecule has 2 heterocycles. The average Bonchev–Trinajstić information content (AvgIpc) is 3.31. The van der Waals surface area contributed by atoms with E-state index in [1.165, 1.54) is 11.8 Å². The number of hydrogen-bond donors (Lipinski definition) is 0. The first-order chi connectivity index (χ1) is 12.7. The molecule has 1 atom stereocenters. The molecule has 1 amide bonds. The molecule has 3 aromatic rings. The third kappa shape index (κ3) is 3.67. The Bertz CT molecular complexity index is 842. The van der Waals surface area contributed by atoms with Crippen molar-refractivity contribution in [2.45, 2.75) is 24.3 Å². The van der Waals surface area contributed by atoms with Gasteiger partial charge in [0.1, 0.15) is 5.25 Å². The van der Waals surface area contributed by atoms with Gasteiger partial charge in [-0.15, -0.1) is 10.2 Å². The summed E-state index contributed by atoms with van der Waals surface area (Å²) in [7, 11) is 1.88. The van der Waals surface area contributed by atoms with Gasteiger partial charge in [0.05, 0.1) is 6.26 Å². The van der Waals surface area contributed by atoms with Gasteiger partial charge in [0.25, 0.3) is 0 Å². The van der Waals surface area contributed by atoms with Gasteiger partial charge >= 0.3 is 0 Å². The molecule has 0 aliphatic rings. The van der Waals surface area contributed by atoms with E-state index in [0.29, 0.717) is 29.8 Å². The van der Waals surface area contributed by atoms with E-state index in [2.05, 4.69) is 10.2 Å². The van der Waals surface area contributed by atoms with E-state index in [0.717, 1.165) is 5.56 Å². The molecule has 0 saturated carbocycles. The molecule has 0 saturated heterocycles. The molecule has 3 rings (SSSR count). The van der Waals surface area contributed by atoms with Gasteiger partial charge in [-0.2, -0.15) is 0 Å². The zero-order valence-electron chi connectivity index (χ0n) is 15.1. The van der Waals surface area contributed by atoms with Crippen molar-refractivity contribution in [1.82, 2.24) is 19.7 Å². The number of thioether (sulfide) groups is 1. The number of carbonyl (C=O) groups excluding carboxylic acids is 1. The number of furan rings is 1. The molecule has 0 unspecified atom stereocenters. The van der Waals surface area contributed by atoms with Crippen LogP contribution in [0.15, 0.2) is 58.3 Å². The van der Waals surface area contributed by atoms with Gasteiger partial charge in [-0.05, 0) is 31.5 Å². The van der Waals surface area contributed by atoms with Crippen LogP contribution in [0.4, 0.5) is 0 Å². The van der Waals surface area contributed by atoms with Crippen molar-refractivity contribution in [1.29, 1.82) is 0 Å². The van der Waals surface area contributed by atoms with E-state index in [1.54, 1.807) is 6.26 Å². The van der Waals surface area contributed by atoms with E-state index in [-0.39, 0.29) is 11.2 Å². The first-order valence-electron chi connectivity index (χ1n) is 8.59. The molecule has 136 valence electrons. The van der Waals surface area contributed by atoms with Crippen LogP contribution in [-0.2, 0) is 11.8 Å². The second-order valence-corrected chi connectivity index (χ2v) is 6.83. The van der Waals surface area contributed by atoms with Crippen LogP contribution in [0.5, 0.6) is 0 Å². The van der Waals surface area contributed by atoms with Crippen molar-refractivity contribution >= 4 is 17.7 Å². The molecule has 0 fully saturated rings. The van der Waals surface area contributed by atoms with Gasteiger partial charge in [-0.1, -0.05) is 42.1 Å². The summed E-state index contributed by atoms with van der Waals surface area (Å²) in [5, 5.41) is 8.80. The van der Waals surface area contributed by atoms with Crippen molar-refractivity contribution < 1.29 is 9.21 Å². The van der Waals surface area contributed by atoms with Crippen LogP contribution >= 0.6 is 11.8 Å². The van der Waals surface area contributed by atoms with Crippen LogP contribution in [0.25, 0.3) is 11.6 Å². The van der Waals surface area contributed by atoms with Crippen LogP contribution in [0.1, 0.15) is 24.7 Å². The molecule has 0 N–H and O–H groups in total. The Morgan fingerprint density at radius 1 is 1.15 bits per heavy atom. The van der Waals surface area contributed by atoms with E-state index in [4.69, 9.17) is 4.42 Å². The molecule has 7 heteroatoms. The van der Waals surface area contributed by atoms with Crippen molar-refractivity contribution in [3.63, 3.8) is 0 Å². The SMILES string of the molecule is CCN(CC)C(=O)[C@@H](Sc1nnc(-c2ccco2)n1C)c1ccccc1. The molecular formula is C19H22N4O2S. The third-order valence-corrected chi connectivity index (χ3v) is 5.48. The number of hydrogen-bond acceptors (Lipinski definition) is 5. The molecule has 1 aromatic carbocycles. The molecule has 0 bridgehead atoms. The Hall–Kier alpha value is -2.54. The molecular weight excluding hydrogens is 348 g/mol. The second-order valence-electron chi connectivity index (χ2n) is 5.76. The third-order valence-electron chi connectivity index (χ3n) is 4.20. The zero-order valence-corrected chi connectivity index (χ0v) is 15.9. The van der Waals surface area contributed by atoms with E-state index < -0.39 is 0 Å².